The van der Waals surface area contributed by atoms with E-state index in [-0.39, 0.29) is 29.7 Å². The van der Waals surface area contributed by atoms with Crippen molar-refractivity contribution in [3.63, 3.8) is 0 Å². The summed E-state index contributed by atoms with van der Waals surface area (Å²) in [7, 11) is 0. The predicted molar refractivity (Wildman–Crippen MR) is 87.2 cm³/mol. The number of nitrogens with one attached hydrogen (secondary N) is 1. The lowest BCUT2D eigenvalue weighted by Crippen LogP contribution is -2.50. The van der Waals surface area contributed by atoms with Crippen molar-refractivity contribution < 1.29 is 14.7 Å². The van der Waals surface area contributed by atoms with Gasteiger partial charge in [0.1, 0.15) is 0 Å². The normalized spacial score (nSPS) is 21.4. The summed E-state index contributed by atoms with van der Waals surface area (Å²) in [6, 6.07) is 0. The highest BCUT2D eigenvalue weighted by molar-refractivity contribution is 5.83. The molecule has 128 valence electrons. The van der Waals surface area contributed by atoms with Gasteiger partial charge < -0.3 is 15.3 Å². The average molecular weight is 312 g/mol. The van der Waals surface area contributed by atoms with Crippen LogP contribution in [0.2, 0.25) is 0 Å². The third kappa shape index (κ3) is 5.27. The van der Waals surface area contributed by atoms with Gasteiger partial charge >= 0.3 is 0 Å². The molecule has 0 bridgehead atoms. The van der Waals surface area contributed by atoms with Crippen molar-refractivity contribution in [3.05, 3.63) is 0 Å². The topological polar surface area (TPSA) is 69.6 Å². The molecule has 2 atom stereocenters. The smallest absolute Gasteiger partial charge is 0.227 e. The number of piperidine rings is 1. The quantitative estimate of drug-likeness (QED) is 0.835. The standard InChI is InChI=1S/C17H32N2O3/c1-16(2,3)13(20)10-18-14(21)12-8-7-9-19(11-12)15(22)17(4,5)6/h12-13,20H,7-11H2,1-6H3,(H,18,21). The van der Waals surface area contributed by atoms with Gasteiger partial charge in [-0.25, -0.2) is 0 Å². The molecule has 0 saturated carbocycles. The average Bonchev–Trinajstić information content (AvgIpc) is 2.41. The molecule has 1 aliphatic heterocycles. The van der Waals surface area contributed by atoms with E-state index in [2.05, 4.69) is 5.32 Å². The molecule has 1 saturated heterocycles. The molecule has 1 fully saturated rings. The van der Waals surface area contributed by atoms with E-state index in [9.17, 15) is 14.7 Å². The van der Waals surface area contributed by atoms with Crippen LogP contribution in [0.3, 0.4) is 0 Å². The molecule has 2 unspecified atom stereocenters. The van der Waals surface area contributed by atoms with Gasteiger partial charge in [-0.3, -0.25) is 9.59 Å². The Bertz CT molecular complexity index is 407. The molecule has 0 aromatic rings. The molecule has 2 N–H and O–H groups in total. The van der Waals surface area contributed by atoms with Crippen LogP contribution in [-0.4, -0.2) is 47.6 Å². The lowest BCUT2D eigenvalue weighted by molar-refractivity contribution is -0.142. The molecule has 1 rings (SSSR count). The van der Waals surface area contributed by atoms with Crippen molar-refractivity contribution in [1.29, 1.82) is 0 Å². The minimum absolute atomic E-state index is 0.0605. The zero-order chi connectivity index (χ0) is 17.1. The number of carbonyl (C=O) groups is 2. The van der Waals surface area contributed by atoms with Crippen LogP contribution < -0.4 is 5.32 Å². The fraction of sp³-hybridized carbons (Fsp3) is 0.882. The summed E-state index contributed by atoms with van der Waals surface area (Å²) in [5.74, 6) is -0.137. The first-order chi connectivity index (χ1) is 9.93. The van der Waals surface area contributed by atoms with E-state index < -0.39 is 11.5 Å². The number of rotatable bonds is 3. The second kappa shape index (κ2) is 6.99. The number of hydrogen-bond donors (Lipinski definition) is 2. The number of nitrogens with zero attached hydrogens (tertiary/aromatic N) is 1. The highest BCUT2D eigenvalue weighted by Crippen LogP contribution is 2.24. The Morgan fingerprint density at radius 1 is 1.23 bits per heavy atom. The zero-order valence-corrected chi connectivity index (χ0v) is 14.9. The zero-order valence-electron chi connectivity index (χ0n) is 14.9. The molecular formula is C17H32N2O3. The fourth-order valence-electron chi connectivity index (χ4n) is 2.50. The van der Waals surface area contributed by atoms with Crippen LogP contribution in [0.4, 0.5) is 0 Å². The number of carbonyl (C=O) groups excluding carboxylic acids is 2. The minimum Gasteiger partial charge on any atom is -0.391 e. The maximum absolute atomic E-state index is 12.3. The molecule has 1 heterocycles. The summed E-state index contributed by atoms with van der Waals surface area (Å²) >= 11 is 0. The Labute approximate surface area is 134 Å². The Hall–Kier alpha value is -1.10. The lowest BCUT2D eigenvalue weighted by Gasteiger charge is -2.36. The maximum Gasteiger partial charge on any atom is 0.227 e. The van der Waals surface area contributed by atoms with Crippen LogP contribution >= 0.6 is 0 Å². The van der Waals surface area contributed by atoms with Crippen LogP contribution in [0.1, 0.15) is 54.4 Å². The first kappa shape index (κ1) is 18.9. The lowest BCUT2D eigenvalue weighted by atomic mass is 9.88. The van der Waals surface area contributed by atoms with E-state index in [1.54, 1.807) is 4.90 Å². The second-order valence-electron chi connectivity index (χ2n) is 8.47. The van der Waals surface area contributed by atoms with Gasteiger partial charge in [0.05, 0.1) is 12.0 Å². The monoisotopic (exact) mass is 312 g/mol. The molecule has 1 aliphatic rings. The van der Waals surface area contributed by atoms with E-state index in [4.69, 9.17) is 0 Å². The SMILES string of the molecule is CC(C)(C)C(=O)N1CCCC(C(=O)NCC(O)C(C)(C)C)C1. The third-order valence-corrected chi connectivity index (χ3v) is 4.19. The molecule has 0 aromatic carbocycles. The summed E-state index contributed by atoms with van der Waals surface area (Å²) in [4.78, 5) is 26.4. The predicted octanol–water partition coefficient (Wildman–Crippen LogP) is 1.79. The molecule has 22 heavy (non-hydrogen) atoms. The minimum atomic E-state index is -0.577. The summed E-state index contributed by atoms with van der Waals surface area (Å²) in [5.41, 5.74) is -0.672. The van der Waals surface area contributed by atoms with Crippen LogP contribution in [0.25, 0.3) is 0 Å². The number of aliphatic hydroxyl groups excluding tert-OH is 1. The van der Waals surface area contributed by atoms with Crippen molar-refractivity contribution in [2.45, 2.75) is 60.5 Å². The Morgan fingerprint density at radius 3 is 2.32 bits per heavy atom. The van der Waals surface area contributed by atoms with Gasteiger partial charge in [-0.15, -0.1) is 0 Å². The third-order valence-electron chi connectivity index (χ3n) is 4.19. The molecule has 5 nitrogen and oxygen atoms in total. The highest BCUT2D eigenvalue weighted by atomic mass is 16.3. The van der Waals surface area contributed by atoms with Gasteiger partial charge in [-0.05, 0) is 18.3 Å². The number of hydrogen-bond acceptors (Lipinski definition) is 3. The maximum atomic E-state index is 12.3. The molecular weight excluding hydrogens is 280 g/mol. The highest BCUT2D eigenvalue weighted by Gasteiger charge is 2.33. The van der Waals surface area contributed by atoms with Crippen LogP contribution in [0, 0.1) is 16.7 Å². The van der Waals surface area contributed by atoms with E-state index in [1.165, 1.54) is 0 Å². The van der Waals surface area contributed by atoms with Gasteiger partial charge in [0.2, 0.25) is 11.8 Å². The fourth-order valence-corrected chi connectivity index (χ4v) is 2.50. The Morgan fingerprint density at radius 2 is 1.82 bits per heavy atom. The number of aliphatic hydroxyl groups is 1. The van der Waals surface area contributed by atoms with Crippen molar-refractivity contribution in [1.82, 2.24) is 10.2 Å². The van der Waals surface area contributed by atoms with Gasteiger partial charge in [-0.2, -0.15) is 0 Å². The van der Waals surface area contributed by atoms with Gasteiger partial charge in [0.25, 0.3) is 0 Å². The molecule has 0 aliphatic carbocycles. The van der Waals surface area contributed by atoms with E-state index in [0.29, 0.717) is 6.54 Å². The summed E-state index contributed by atoms with van der Waals surface area (Å²) in [6.45, 7) is 13.0. The molecule has 2 amide bonds. The van der Waals surface area contributed by atoms with E-state index in [0.717, 1.165) is 19.4 Å². The first-order valence-corrected chi connectivity index (χ1v) is 8.18. The Kier molecular flexibility index (Phi) is 6.02. The van der Waals surface area contributed by atoms with Crippen LogP contribution in [0.5, 0.6) is 0 Å². The van der Waals surface area contributed by atoms with Gasteiger partial charge in [-0.1, -0.05) is 41.5 Å². The van der Waals surface area contributed by atoms with Crippen molar-refractivity contribution in [2.75, 3.05) is 19.6 Å². The van der Waals surface area contributed by atoms with E-state index in [1.807, 2.05) is 41.5 Å². The van der Waals surface area contributed by atoms with E-state index >= 15 is 0 Å². The molecule has 0 aromatic heterocycles. The van der Waals surface area contributed by atoms with Gasteiger partial charge in [0.15, 0.2) is 0 Å². The summed E-state index contributed by atoms with van der Waals surface area (Å²) < 4.78 is 0. The molecule has 5 heteroatoms. The second-order valence-corrected chi connectivity index (χ2v) is 8.47. The van der Waals surface area contributed by atoms with Crippen LogP contribution in [-0.2, 0) is 9.59 Å². The van der Waals surface area contributed by atoms with Crippen LogP contribution in [0.15, 0.2) is 0 Å². The summed E-state index contributed by atoms with van der Waals surface area (Å²) in [5, 5.41) is 12.8. The summed E-state index contributed by atoms with van der Waals surface area (Å²) in [6.07, 6.45) is 1.07. The van der Waals surface area contributed by atoms with Crippen molar-refractivity contribution in [2.24, 2.45) is 16.7 Å². The largest absolute Gasteiger partial charge is 0.391 e. The number of likely N-dealkylation sites (tertiary alicyclic amines) is 1. The van der Waals surface area contributed by atoms with Crippen molar-refractivity contribution >= 4 is 11.8 Å². The van der Waals surface area contributed by atoms with Gasteiger partial charge in [0, 0.05) is 25.0 Å². The molecule has 0 spiro atoms. The van der Waals surface area contributed by atoms with Crippen molar-refractivity contribution in [3.8, 4) is 0 Å². The Balaban J connectivity index is 2.55. The number of amides is 2. The first-order valence-electron chi connectivity index (χ1n) is 8.18. The molecule has 0 radical (unpaired) electrons.